The number of aliphatic imine (C=N–C) groups is 1. The standard InChI is InChI=1S/C16H29N3O4.HI/c1-16(2,3)23-14(20)12-5-6-19(10-12)15(17-4)18-9-13-11-21-7-8-22-13;/h12-13H,5-11H2,1-4H3,(H,17,18);1H. The van der Waals surface area contributed by atoms with E-state index in [0.29, 0.717) is 32.9 Å². The Bertz CT molecular complexity index is 434. The lowest BCUT2D eigenvalue weighted by molar-refractivity contribution is -0.159. The highest BCUT2D eigenvalue weighted by Crippen LogP contribution is 2.20. The summed E-state index contributed by atoms with van der Waals surface area (Å²) in [7, 11) is 1.75. The Labute approximate surface area is 161 Å². The van der Waals surface area contributed by atoms with Gasteiger partial charge >= 0.3 is 5.97 Å². The first-order valence-corrected chi connectivity index (χ1v) is 8.27. The third-order valence-corrected chi connectivity index (χ3v) is 3.81. The number of likely N-dealkylation sites (tertiary alicyclic amines) is 1. The van der Waals surface area contributed by atoms with Crippen molar-refractivity contribution in [2.24, 2.45) is 10.9 Å². The van der Waals surface area contributed by atoms with Crippen LogP contribution in [0.15, 0.2) is 4.99 Å². The van der Waals surface area contributed by atoms with Crippen LogP contribution >= 0.6 is 24.0 Å². The molecule has 2 heterocycles. The van der Waals surface area contributed by atoms with E-state index < -0.39 is 5.60 Å². The minimum Gasteiger partial charge on any atom is -0.460 e. The van der Waals surface area contributed by atoms with E-state index in [1.54, 1.807) is 7.05 Å². The van der Waals surface area contributed by atoms with Crippen molar-refractivity contribution < 1.29 is 19.0 Å². The third kappa shape index (κ3) is 6.72. The van der Waals surface area contributed by atoms with E-state index in [0.717, 1.165) is 18.9 Å². The van der Waals surface area contributed by atoms with E-state index in [9.17, 15) is 4.79 Å². The van der Waals surface area contributed by atoms with Crippen LogP contribution in [0.2, 0.25) is 0 Å². The average Bonchev–Trinajstić information content (AvgIpc) is 2.97. The lowest BCUT2D eigenvalue weighted by Crippen LogP contribution is -2.46. The zero-order chi connectivity index (χ0) is 16.9. The molecule has 0 radical (unpaired) electrons. The summed E-state index contributed by atoms with van der Waals surface area (Å²) in [6, 6.07) is 0. The summed E-state index contributed by atoms with van der Waals surface area (Å²) in [6.07, 6.45) is 0.836. The van der Waals surface area contributed by atoms with Gasteiger partial charge < -0.3 is 24.4 Å². The Morgan fingerprint density at radius 1 is 1.38 bits per heavy atom. The summed E-state index contributed by atoms with van der Waals surface area (Å²) in [6.45, 7) is 9.66. The summed E-state index contributed by atoms with van der Waals surface area (Å²) >= 11 is 0. The van der Waals surface area contributed by atoms with Crippen LogP contribution in [0.1, 0.15) is 27.2 Å². The first-order chi connectivity index (χ1) is 10.9. The maximum absolute atomic E-state index is 12.2. The molecular formula is C16H30IN3O4. The summed E-state index contributed by atoms with van der Waals surface area (Å²) < 4.78 is 16.5. The van der Waals surface area contributed by atoms with Crippen LogP contribution in [-0.2, 0) is 19.0 Å². The summed E-state index contributed by atoms with van der Waals surface area (Å²) in [4.78, 5) is 18.6. The molecule has 140 valence electrons. The Hall–Kier alpha value is -0.610. The molecule has 2 unspecified atom stereocenters. The van der Waals surface area contributed by atoms with E-state index in [1.807, 2.05) is 20.8 Å². The van der Waals surface area contributed by atoms with Gasteiger partial charge in [0.05, 0.1) is 31.8 Å². The molecule has 0 saturated carbocycles. The molecule has 0 aromatic heterocycles. The van der Waals surface area contributed by atoms with Gasteiger partial charge in [-0.3, -0.25) is 9.79 Å². The molecule has 2 rings (SSSR count). The fourth-order valence-electron chi connectivity index (χ4n) is 2.72. The number of esters is 1. The Morgan fingerprint density at radius 2 is 2.12 bits per heavy atom. The van der Waals surface area contributed by atoms with Gasteiger partial charge in [0.2, 0.25) is 0 Å². The number of hydrogen-bond acceptors (Lipinski definition) is 5. The zero-order valence-electron chi connectivity index (χ0n) is 15.0. The van der Waals surface area contributed by atoms with Gasteiger partial charge in [-0.2, -0.15) is 0 Å². The minimum atomic E-state index is -0.442. The first-order valence-electron chi connectivity index (χ1n) is 8.27. The van der Waals surface area contributed by atoms with Gasteiger partial charge in [0.1, 0.15) is 5.60 Å². The second-order valence-corrected chi connectivity index (χ2v) is 6.96. The van der Waals surface area contributed by atoms with Crippen LogP contribution in [0.4, 0.5) is 0 Å². The van der Waals surface area contributed by atoms with Gasteiger partial charge in [-0.25, -0.2) is 0 Å². The molecule has 2 fully saturated rings. The van der Waals surface area contributed by atoms with Gasteiger partial charge in [0, 0.05) is 26.7 Å². The van der Waals surface area contributed by atoms with Crippen molar-refractivity contribution in [3.63, 3.8) is 0 Å². The van der Waals surface area contributed by atoms with E-state index >= 15 is 0 Å². The Kier molecular flexibility index (Phi) is 8.72. The van der Waals surface area contributed by atoms with Gasteiger partial charge in [-0.15, -0.1) is 24.0 Å². The molecule has 2 atom stereocenters. The summed E-state index contributed by atoms with van der Waals surface area (Å²) in [5.41, 5.74) is -0.442. The van der Waals surface area contributed by atoms with Gasteiger partial charge in [-0.05, 0) is 27.2 Å². The van der Waals surface area contributed by atoms with Crippen LogP contribution < -0.4 is 5.32 Å². The fraction of sp³-hybridized carbons (Fsp3) is 0.875. The normalized spacial score (nSPS) is 25.2. The van der Waals surface area contributed by atoms with Crippen LogP contribution in [-0.4, -0.2) is 75.0 Å². The molecule has 0 bridgehead atoms. The zero-order valence-corrected chi connectivity index (χ0v) is 17.4. The molecule has 7 nitrogen and oxygen atoms in total. The SMILES string of the molecule is CN=C(NCC1COCCO1)N1CCC(C(=O)OC(C)(C)C)C1.I. The third-order valence-electron chi connectivity index (χ3n) is 3.81. The quantitative estimate of drug-likeness (QED) is 0.299. The monoisotopic (exact) mass is 455 g/mol. The topological polar surface area (TPSA) is 72.4 Å². The lowest BCUT2D eigenvalue weighted by atomic mass is 10.1. The molecule has 0 aromatic rings. The highest BCUT2D eigenvalue weighted by molar-refractivity contribution is 14.0. The second-order valence-electron chi connectivity index (χ2n) is 6.96. The highest BCUT2D eigenvalue weighted by Gasteiger charge is 2.33. The molecule has 1 N–H and O–H groups in total. The van der Waals surface area contributed by atoms with E-state index in [4.69, 9.17) is 14.2 Å². The number of hydrogen-bond donors (Lipinski definition) is 1. The molecule has 2 aliphatic heterocycles. The van der Waals surface area contributed by atoms with Gasteiger partial charge in [0.25, 0.3) is 0 Å². The van der Waals surface area contributed by atoms with Crippen molar-refractivity contribution in [3.8, 4) is 0 Å². The van der Waals surface area contributed by atoms with Crippen molar-refractivity contribution in [2.75, 3.05) is 46.5 Å². The van der Waals surface area contributed by atoms with Crippen LogP contribution in [0.25, 0.3) is 0 Å². The molecule has 24 heavy (non-hydrogen) atoms. The van der Waals surface area contributed by atoms with Crippen LogP contribution in [0.5, 0.6) is 0 Å². The maximum atomic E-state index is 12.2. The molecule has 0 spiro atoms. The smallest absolute Gasteiger partial charge is 0.311 e. The van der Waals surface area contributed by atoms with Crippen molar-refractivity contribution in [3.05, 3.63) is 0 Å². The number of nitrogens with one attached hydrogen (secondary N) is 1. The van der Waals surface area contributed by atoms with Gasteiger partial charge in [0.15, 0.2) is 5.96 Å². The first kappa shape index (κ1) is 21.4. The fourth-order valence-corrected chi connectivity index (χ4v) is 2.72. The number of ether oxygens (including phenoxy) is 3. The predicted octanol–water partition coefficient (Wildman–Crippen LogP) is 1.26. The van der Waals surface area contributed by atoms with Crippen molar-refractivity contribution in [1.29, 1.82) is 0 Å². The molecule has 0 aliphatic carbocycles. The highest BCUT2D eigenvalue weighted by atomic mass is 127. The molecular weight excluding hydrogens is 425 g/mol. The molecule has 0 amide bonds. The Morgan fingerprint density at radius 3 is 2.71 bits per heavy atom. The minimum absolute atomic E-state index is 0. The number of rotatable bonds is 3. The second kappa shape index (κ2) is 9.76. The number of carbonyl (C=O) groups is 1. The van der Waals surface area contributed by atoms with Crippen molar-refractivity contribution in [2.45, 2.75) is 38.9 Å². The van der Waals surface area contributed by atoms with Crippen molar-refractivity contribution >= 4 is 35.9 Å². The molecule has 0 aromatic carbocycles. The van der Waals surface area contributed by atoms with E-state index in [2.05, 4.69) is 15.2 Å². The maximum Gasteiger partial charge on any atom is 0.311 e. The average molecular weight is 455 g/mol. The van der Waals surface area contributed by atoms with E-state index in [-0.39, 0.29) is 42.0 Å². The Balaban J connectivity index is 0.00000288. The predicted molar refractivity (Wildman–Crippen MR) is 103 cm³/mol. The number of guanidine groups is 1. The van der Waals surface area contributed by atoms with Crippen LogP contribution in [0, 0.1) is 5.92 Å². The molecule has 8 heteroatoms. The van der Waals surface area contributed by atoms with Gasteiger partial charge in [-0.1, -0.05) is 0 Å². The molecule has 2 aliphatic rings. The number of nitrogens with zero attached hydrogens (tertiary/aromatic N) is 2. The number of carbonyl (C=O) groups excluding carboxylic acids is 1. The summed E-state index contributed by atoms with van der Waals surface area (Å²) in [5.74, 6) is 0.576. The van der Waals surface area contributed by atoms with E-state index in [1.165, 1.54) is 0 Å². The largest absolute Gasteiger partial charge is 0.460 e. The van der Waals surface area contributed by atoms with Crippen LogP contribution in [0.3, 0.4) is 0 Å². The number of halogens is 1. The lowest BCUT2D eigenvalue weighted by Gasteiger charge is -2.27. The molecule has 2 saturated heterocycles. The summed E-state index contributed by atoms with van der Waals surface area (Å²) in [5, 5.41) is 3.31. The van der Waals surface area contributed by atoms with Crippen molar-refractivity contribution in [1.82, 2.24) is 10.2 Å².